The normalized spacial score (nSPS) is 30.8. The first-order valence-corrected chi connectivity index (χ1v) is 4.73. The van der Waals surface area contributed by atoms with Crippen LogP contribution in [-0.2, 0) is 4.79 Å². The molecule has 1 spiro atoms. The number of hydrogen-bond acceptors (Lipinski definition) is 3. The first kappa shape index (κ1) is 8.29. The summed E-state index contributed by atoms with van der Waals surface area (Å²) in [6, 6.07) is 0. The van der Waals surface area contributed by atoms with E-state index in [0.29, 0.717) is 0 Å². The summed E-state index contributed by atoms with van der Waals surface area (Å²) >= 11 is 0. The van der Waals surface area contributed by atoms with E-state index in [9.17, 15) is 4.79 Å². The predicted molar refractivity (Wildman–Crippen MR) is 58.9 cm³/mol. The summed E-state index contributed by atoms with van der Waals surface area (Å²) in [5.74, 6) is 0.743. The van der Waals surface area contributed by atoms with Crippen molar-refractivity contribution in [3.8, 4) is 0 Å². The lowest BCUT2D eigenvalue weighted by molar-refractivity contribution is -0.110. The zero-order valence-electron chi connectivity index (χ0n) is 7.92. The molecular formula is C12H8N2O. The van der Waals surface area contributed by atoms with Crippen molar-refractivity contribution >= 4 is 17.8 Å². The zero-order valence-corrected chi connectivity index (χ0v) is 7.92. The summed E-state index contributed by atoms with van der Waals surface area (Å²) < 4.78 is 0. The van der Waals surface area contributed by atoms with Crippen LogP contribution in [0, 0.1) is 5.41 Å². The molecule has 3 heteroatoms. The third-order valence-electron chi connectivity index (χ3n) is 2.75. The summed E-state index contributed by atoms with van der Waals surface area (Å²) in [5, 5.41) is 0. The second kappa shape index (κ2) is 2.73. The fraction of sp³-hybridized carbons (Fsp3) is 0.0833. The smallest absolute Gasteiger partial charge is 0.178 e. The number of aliphatic imine (C=N–C) groups is 2. The number of amidine groups is 1. The molecule has 0 aromatic heterocycles. The van der Waals surface area contributed by atoms with Crippen LogP contribution in [0.15, 0.2) is 58.2 Å². The SMILES string of the molecule is O=C1C=CC23C=CC=NC2=NC=CC3=C1. The third-order valence-corrected chi connectivity index (χ3v) is 2.75. The lowest BCUT2D eigenvalue weighted by Gasteiger charge is -2.33. The van der Waals surface area contributed by atoms with E-state index in [1.54, 1.807) is 24.6 Å². The minimum absolute atomic E-state index is 0.0180. The first-order valence-electron chi connectivity index (χ1n) is 4.73. The summed E-state index contributed by atoms with van der Waals surface area (Å²) in [4.78, 5) is 19.8. The quantitative estimate of drug-likeness (QED) is 0.580. The predicted octanol–water partition coefficient (Wildman–Crippen LogP) is 1.60. The number of nitrogens with zero attached hydrogens (tertiary/aromatic N) is 2. The summed E-state index contributed by atoms with van der Waals surface area (Å²) in [6.07, 6.45) is 14.2. The van der Waals surface area contributed by atoms with Crippen LogP contribution in [0.1, 0.15) is 0 Å². The third kappa shape index (κ3) is 1.03. The molecule has 3 aliphatic rings. The molecule has 0 bridgehead atoms. The number of carbonyl (C=O) groups is 1. The molecule has 0 N–H and O–H groups in total. The molecule has 0 fully saturated rings. The summed E-state index contributed by atoms with van der Waals surface area (Å²) in [6.45, 7) is 0. The van der Waals surface area contributed by atoms with Gasteiger partial charge in [0, 0.05) is 12.4 Å². The van der Waals surface area contributed by atoms with Gasteiger partial charge in [-0.1, -0.05) is 12.2 Å². The van der Waals surface area contributed by atoms with Crippen molar-refractivity contribution in [1.82, 2.24) is 0 Å². The van der Waals surface area contributed by atoms with Crippen molar-refractivity contribution in [3.63, 3.8) is 0 Å². The van der Waals surface area contributed by atoms with Gasteiger partial charge in [-0.2, -0.15) is 0 Å². The average molecular weight is 196 g/mol. The number of allylic oxidation sites excluding steroid dienone is 4. The van der Waals surface area contributed by atoms with Crippen LogP contribution in [0.2, 0.25) is 0 Å². The zero-order chi connectivity index (χ0) is 10.3. The van der Waals surface area contributed by atoms with Crippen LogP contribution in [0.3, 0.4) is 0 Å². The average Bonchev–Trinajstić information content (AvgIpc) is 2.27. The largest absolute Gasteiger partial charge is 0.290 e. The molecule has 0 amide bonds. The molecule has 2 aliphatic heterocycles. The van der Waals surface area contributed by atoms with E-state index in [1.165, 1.54) is 0 Å². The van der Waals surface area contributed by atoms with Gasteiger partial charge in [0.25, 0.3) is 0 Å². The van der Waals surface area contributed by atoms with E-state index < -0.39 is 5.41 Å². The molecule has 0 saturated heterocycles. The van der Waals surface area contributed by atoms with Gasteiger partial charge >= 0.3 is 0 Å². The summed E-state index contributed by atoms with van der Waals surface area (Å²) in [5.41, 5.74) is 0.533. The standard InChI is InChI=1S/C12H8N2O/c15-10-2-5-12-4-1-6-13-11(12)14-7-3-9(12)8-10/h1-8H. The van der Waals surface area contributed by atoms with Gasteiger partial charge < -0.3 is 0 Å². The highest BCUT2D eigenvalue weighted by Gasteiger charge is 2.38. The Morgan fingerprint density at radius 2 is 2.13 bits per heavy atom. The number of carbonyl (C=O) groups excluding carboxylic acids is 1. The van der Waals surface area contributed by atoms with Crippen molar-refractivity contribution in [2.75, 3.05) is 0 Å². The van der Waals surface area contributed by atoms with E-state index in [2.05, 4.69) is 9.98 Å². The molecule has 0 saturated carbocycles. The Morgan fingerprint density at radius 1 is 1.20 bits per heavy atom. The van der Waals surface area contributed by atoms with Gasteiger partial charge in [-0.3, -0.25) is 4.79 Å². The monoisotopic (exact) mass is 196 g/mol. The van der Waals surface area contributed by atoms with Crippen molar-refractivity contribution in [2.24, 2.45) is 15.4 Å². The fourth-order valence-corrected chi connectivity index (χ4v) is 1.99. The van der Waals surface area contributed by atoms with E-state index in [0.717, 1.165) is 11.4 Å². The highest BCUT2D eigenvalue weighted by Crippen LogP contribution is 2.40. The van der Waals surface area contributed by atoms with Gasteiger partial charge in [0.2, 0.25) is 0 Å². The molecule has 3 nitrogen and oxygen atoms in total. The number of dihydropyridines is 1. The van der Waals surface area contributed by atoms with Crippen LogP contribution in [0.25, 0.3) is 0 Å². The Bertz CT molecular complexity index is 518. The number of ketones is 1. The molecule has 2 heterocycles. The van der Waals surface area contributed by atoms with Crippen LogP contribution >= 0.6 is 0 Å². The molecule has 1 unspecified atom stereocenters. The highest BCUT2D eigenvalue weighted by molar-refractivity contribution is 6.10. The van der Waals surface area contributed by atoms with Crippen molar-refractivity contribution in [3.05, 3.63) is 48.2 Å². The second-order valence-electron chi connectivity index (χ2n) is 3.61. The molecule has 1 atom stereocenters. The highest BCUT2D eigenvalue weighted by atomic mass is 16.1. The summed E-state index contributed by atoms with van der Waals surface area (Å²) in [7, 11) is 0. The topological polar surface area (TPSA) is 41.8 Å². The minimum Gasteiger partial charge on any atom is -0.290 e. The Morgan fingerprint density at radius 3 is 3.07 bits per heavy atom. The van der Waals surface area contributed by atoms with Gasteiger partial charge in [-0.05, 0) is 29.9 Å². The van der Waals surface area contributed by atoms with Crippen LogP contribution in [0.4, 0.5) is 0 Å². The maximum absolute atomic E-state index is 11.3. The lowest BCUT2D eigenvalue weighted by Crippen LogP contribution is -2.33. The fourth-order valence-electron chi connectivity index (χ4n) is 1.99. The molecule has 15 heavy (non-hydrogen) atoms. The van der Waals surface area contributed by atoms with Gasteiger partial charge in [0.1, 0.15) is 5.84 Å². The maximum Gasteiger partial charge on any atom is 0.178 e. The van der Waals surface area contributed by atoms with E-state index in [4.69, 9.17) is 0 Å². The Labute approximate surface area is 86.9 Å². The van der Waals surface area contributed by atoms with Crippen molar-refractivity contribution in [1.29, 1.82) is 0 Å². The molecule has 72 valence electrons. The van der Waals surface area contributed by atoms with E-state index in [1.807, 2.05) is 24.3 Å². The van der Waals surface area contributed by atoms with Crippen molar-refractivity contribution < 1.29 is 4.79 Å². The van der Waals surface area contributed by atoms with E-state index >= 15 is 0 Å². The maximum atomic E-state index is 11.3. The molecule has 0 radical (unpaired) electrons. The Kier molecular flexibility index (Phi) is 1.51. The first-order chi connectivity index (χ1) is 7.31. The minimum atomic E-state index is -0.405. The van der Waals surface area contributed by atoms with E-state index in [-0.39, 0.29) is 5.78 Å². The van der Waals surface area contributed by atoms with Gasteiger partial charge in [-0.15, -0.1) is 0 Å². The molecule has 0 aromatic carbocycles. The molecular weight excluding hydrogens is 188 g/mol. The lowest BCUT2D eigenvalue weighted by atomic mass is 9.73. The van der Waals surface area contributed by atoms with Gasteiger partial charge in [0.15, 0.2) is 5.78 Å². The Hall–Kier alpha value is -2.03. The van der Waals surface area contributed by atoms with Gasteiger partial charge in [0.05, 0.1) is 5.41 Å². The molecule has 3 rings (SSSR count). The number of rotatable bonds is 0. The van der Waals surface area contributed by atoms with Crippen LogP contribution in [0.5, 0.6) is 0 Å². The van der Waals surface area contributed by atoms with Crippen LogP contribution < -0.4 is 0 Å². The second-order valence-corrected chi connectivity index (χ2v) is 3.61. The molecule has 1 aliphatic carbocycles. The number of hydrogen-bond donors (Lipinski definition) is 0. The Balaban J connectivity index is 2.24. The van der Waals surface area contributed by atoms with Crippen molar-refractivity contribution in [2.45, 2.75) is 0 Å². The van der Waals surface area contributed by atoms with Crippen LogP contribution in [-0.4, -0.2) is 17.8 Å². The molecule has 0 aromatic rings. The van der Waals surface area contributed by atoms with Gasteiger partial charge in [-0.25, -0.2) is 9.98 Å².